The van der Waals surface area contributed by atoms with Gasteiger partial charge in [0.2, 0.25) is 11.3 Å². The quantitative estimate of drug-likeness (QED) is 0.308. The van der Waals surface area contributed by atoms with Crippen LogP contribution in [-0.2, 0) is 36.6 Å². The second kappa shape index (κ2) is 7.63. The number of hydrogen-bond acceptors (Lipinski definition) is 6. The number of nitrogens with zero attached hydrogens (tertiary/aromatic N) is 1. The number of amides is 2. The smallest absolute Gasteiger partial charge is 0.337 e. The van der Waals surface area contributed by atoms with Crippen molar-refractivity contribution in [3.05, 3.63) is 33.7 Å². The standard InChI is InChI=1S/C15H16BClN2O5S2/c1-7-9(6-17)12(15(22)24-16)19-13(21)11(14(19)26(7)23)18-10(20)5-8-3-2-4-25-8/h2-4,7,11,14H,5-6,16H2,1H3,(H,18,20)/t7-,11+,14+,26?/m0/s1. The lowest BCUT2D eigenvalue weighted by Gasteiger charge is -2.51. The van der Waals surface area contributed by atoms with Gasteiger partial charge in [0.25, 0.3) is 5.91 Å². The Balaban J connectivity index is 1.82. The number of fused-ring (bicyclic) bond motifs is 1. The predicted molar refractivity (Wildman–Crippen MR) is 101 cm³/mol. The molecule has 0 spiro atoms. The van der Waals surface area contributed by atoms with E-state index in [2.05, 4.69) is 5.32 Å². The third kappa shape index (κ3) is 3.15. The number of alkyl halides is 1. The van der Waals surface area contributed by atoms with Gasteiger partial charge in [-0.15, -0.1) is 22.9 Å². The summed E-state index contributed by atoms with van der Waals surface area (Å²) in [5.41, 5.74) is 0.443. The van der Waals surface area contributed by atoms with Crippen LogP contribution in [0.5, 0.6) is 0 Å². The minimum absolute atomic E-state index is 0.0355. The molecule has 0 saturated carbocycles. The van der Waals surface area contributed by atoms with E-state index in [0.717, 1.165) is 9.78 Å². The lowest BCUT2D eigenvalue weighted by atomic mass is 10.0. The maximum atomic E-state index is 12.8. The normalized spacial score (nSPS) is 27.7. The van der Waals surface area contributed by atoms with Crippen molar-refractivity contribution in [3.8, 4) is 0 Å². The molecule has 26 heavy (non-hydrogen) atoms. The van der Waals surface area contributed by atoms with Gasteiger partial charge in [-0.1, -0.05) is 6.07 Å². The molecule has 4 atom stereocenters. The first-order valence-electron chi connectivity index (χ1n) is 7.82. The monoisotopic (exact) mass is 414 g/mol. The van der Waals surface area contributed by atoms with Crippen molar-refractivity contribution >= 4 is 59.9 Å². The van der Waals surface area contributed by atoms with Gasteiger partial charge in [-0.25, -0.2) is 4.79 Å². The molecule has 7 nitrogen and oxygen atoms in total. The van der Waals surface area contributed by atoms with E-state index in [0.29, 0.717) is 5.57 Å². The number of rotatable bonds is 5. The molecule has 0 radical (unpaired) electrons. The first kappa shape index (κ1) is 19.3. The van der Waals surface area contributed by atoms with Gasteiger partial charge < -0.3 is 14.5 Å². The van der Waals surface area contributed by atoms with E-state index in [-0.39, 0.29) is 23.9 Å². The van der Waals surface area contributed by atoms with Crippen LogP contribution in [0.4, 0.5) is 0 Å². The molecule has 1 saturated heterocycles. The van der Waals surface area contributed by atoms with E-state index in [1.807, 2.05) is 17.5 Å². The summed E-state index contributed by atoms with van der Waals surface area (Å²) in [6, 6.07) is 2.73. The maximum Gasteiger partial charge on any atom is 0.337 e. The molecule has 1 unspecified atom stereocenters. The number of hydrogen-bond donors (Lipinski definition) is 1. The number of halogens is 1. The molecule has 138 valence electrons. The SMILES string of the molecule is BOC(=O)C1=C(CCl)[C@H](C)[S+]([O-])[C@@H]2[C@H](NC(=O)Cc3cccs3)C(=O)N12. The highest BCUT2D eigenvalue weighted by Crippen LogP contribution is 2.40. The zero-order chi connectivity index (χ0) is 19.0. The molecular formula is C15H16BClN2O5S2. The highest BCUT2D eigenvalue weighted by Gasteiger charge is 2.62. The molecule has 1 fully saturated rings. The summed E-state index contributed by atoms with van der Waals surface area (Å²) < 4.78 is 17.5. The van der Waals surface area contributed by atoms with Gasteiger partial charge in [-0.05, 0) is 29.5 Å². The fourth-order valence-corrected chi connectivity index (χ4v) is 5.98. The van der Waals surface area contributed by atoms with Crippen LogP contribution in [0.2, 0.25) is 0 Å². The summed E-state index contributed by atoms with van der Waals surface area (Å²) in [4.78, 5) is 38.9. The molecule has 11 heteroatoms. The van der Waals surface area contributed by atoms with Gasteiger partial charge in [0.1, 0.15) is 10.9 Å². The molecule has 2 aliphatic rings. The summed E-state index contributed by atoms with van der Waals surface area (Å²) in [6.45, 7) is 1.68. The lowest BCUT2D eigenvalue weighted by Crippen LogP contribution is -2.75. The van der Waals surface area contributed by atoms with Crippen LogP contribution in [0.25, 0.3) is 0 Å². The Morgan fingerprint density at radius 3 is 2.85 bits per heavy atom. The molecule has 1 N–H and O–H groups in total. The van der Waals surface area contributed by atoms with Gasteiger partial charge in [0.15, 0.2) is 6.04 Å². The van der Waals surface area contributed by atoms with Crippen molar-refractivity contribution in [3.63, 3.8) is 0 Å². The Labute approximate surface area is 163 Å². The number of carbonyl (C=O) groups is 3. The third-order valence-electron chi connectivity index (χ3n) is 4.42. The number of β-lactam (4-membered cyclic amide) rings is 1. The molecule has 3 rings (SSSR count). The Bertz CT molecular complexity index is 772. The Hall–Kier alpha value is -1.49. The van der Waals surface area contributed by atoms with Crippen LogP contribution in [-0.4, -0.2) is 57.8 Å². The van der Waals surface area contributed by atoms with Crippen LogP contribution in [0.1, 0.15) is 11.8 Å². The summed E-state index contributed by atoms with van der Waals surface area (Å²) in [7, 11) is 1.21. The molecule has 0 aromatic carbocycles. The average molecular weight is 415 g/mol. The van der Waals surface area contributed by atoms with Gasteiger partial charge >= 0.3 is 14.0 Å². The minimum atomic E-state index is -1.51. The number of thiophene rings is 1. The van der Waals surface area contributed by atoms with Crippen LogP contribution in [0.15, 0.2) is 28.8 Å². The van der Waals surface area contributed by atoms with Gasteiger partial charge in [-0.2, -0.15) is 0 Å². The Kier molecular flexibility index (Phi) is 5.66. The van der Waals surface area contributed by atoms with Crippen LogP contribution < -0.4 is 5.32 Å². The van der Waals surface area contributed by atoms with Gasteiger partial charge in [0, 0.05) is 10.5 Å². The van der Waals surface area contributed by atoms with Crippen LogP contribution in [0, 0.1) is 0 Å². The van der Waals surface area contributed by atoms with E-state index >= 15 is 0 Å². The molecule has 2 amide bonds. The highest BCUT2D eigenvalue weighted by molar-refractivity contribution is 7.93. The fraction of sp³-hybridized carbons (Fsp3) is 0.400. The van der Waals surface area contributed by atoms with Crippen molar-refractivity contribution in [1.29, 1.82) is 0 Å². The Morgan fingerprint density at radius 2 is 2.27 bits per heavy atom. The lowest BCUT2D eigenvalue weighted by molar-refractivity contribution is -0.150. The first-order chi connectivity index (χ1) is 12.4. The minimum Gasteiger partial charge on any atom is -0.614 e. The average Bonchev–Trinajstić information content (AvgIpc) is 3.13. The maximum absolute atomic E-state index is 12.8. The molecule has 0 bridgehead atoms. The zero-order valence-corrected chi connectivity index (χ0v) is 16.5. The summed E-state index contributed by atoms with van der Waals surface area (Å²) >= 11 is 5.85. The van der Waals surface area contributed by atoms with Crippen molar-refractivity contribution in [2.75, 3.05) is 5.88 Å². The van der Waals surface area contributed by atoms with Crippen LogP contribution in [0.3, 0.4) is 0 Å². The molecule has 1 aromatic rings. The first-order valence-corrected chi connectivity index (χ1v) is 10.5. The molecular weight excluding hydrogens is 399 g/mol. The molecule has 2 aliphatic heterocycles. The second-order valence-corrected chi connectivity index (χ2v) is 9.02. The van der Waals surface area contributed by atoms with E-state index in [9.17, 15) is 18.9 Å². The molecule has 3 heterocycles. The van der Waals surface area contributed by atoms with Crippen molar-refractivity contribution in [2.45, 2.75) is 30.0 Å². The fourth-order valence-electron chi connectivity index (χ4n) is 3.06. The third-order valence-corrected chi connectivity index (χ3v) is 7.52. The van der Waals surface area contributed by atoms with Crippen molar-refractivity contribution < 1.29 is 23.6 Å². The van der Waals surface area contributed by atoms with E-state index in [1.54, 1.807) is 6.92 Å². The molecule has 1 aromatic heterocycles. The number of nitrogens with one attached hydrogen (secondary N) is 1. The van der Waals surface area contributed by atoms with Crippen molar-refractivity contribution in [2.24, 2.45) is 0 Å². The molecule has 0 aliphatic carbocycles. The van der Waals surface area contributed by atoms with E-state index < -0.39 is 39.7 Å². The van der Waals surface area contributed by atoms with Gasteiger partial charge in [-0.3, -0.25) is 14.5 Å². The summed E-state index contributed by atoms with van der Waals surface area (Å²) in [5, 5.41) is 3.18. The summed E-state index contributed by atoms with van der Waals surface area (Å²) in [5.74, 6) is -1.56. The van der Waals surface area contributed by atoms with E-state index in [1.165, 1.54) is 19.4 Å². The largest absolute Gasteiger partial charge is 0.614 e. The highest BCUT2D eigenvalue weighted by atomic mass is 35.5. The van der Waals surface area contributed by atoms with Crippen molar-refractivity contribution in [1.82, 2.24) is 10.2 Å². The zero-order valence-electron chi connectivity index (χ0n) is 14.1. The van der Waals surface area contributed by atoms with E-state index in [4.69, 9.17) is 16.3 Å². The predicted octanol–water partition coefficient (Wildman–Crippen LogP) is -0.321. The van der Waals surface area contributed by atoms with Gasteiger partial charge in [0.05, 0.1) is 12.3 Å². The number of carbonyl (C=O) groups excluding carboxylic acids is 3. The Morgan fingerprint density at radius 1 is 1.54 bits per heavy atom. The second-order valence-electron chi connectivity index (χ2n) is 5.87. The van der Waals surface area contributed by atoms with Crippen LogP contribution >= 0.6 is 22.9 Å². The summed E-state index contributed by atoms with van der Waals surface area (Å²) in [6.07, 6.45) is 0.142. The topological polar surface area (TPSA) is 98.8 Å².